The quantitative estimate of drug-likeness (QED) is 0.843. The molecule has 1 fully saturated rings. The van der Waals surface area contributed by atoms with Crippen LogP contribution in [0, 0.1) is 0 Å². The maximum atomic E-state index is 12.2. The Bertz CT molecular complexity index is 496. The van der Waals surface area contributed by atoms with Crippen molar-refractivity contribution in [3.8, 4) is 5.75 Å². The average molecular weight is 312 g/mol. The fourth-order valence-corrected chi connectivity index (χ4v) is 2.89. The number of amides is 1. The number of carbonyl (C=O) groups is 1. The predicted molar refractivity (Wildman–Crippen MR) is 85.2 cm³/mol. The molecule has 1 aromatic rings. The van der Waals surface area contributed by atoms with Gasteiger partial charge in [-0.3, -0.25) is 9.69 Å². The molecule has 1 unspecified atom stereocenters. The number of benzene rings is 1. The molecule has 0 bridgehead atoms. The standard InChI is InChI=1S/C15H22ClN3O2/c1-17-9-12-4-3-7-19(12)10-15(20)18-13-8-11(16)5-6-14(13)21-2/h5-6,8,12,17H,3-4,7,9-10H2,1-2H3,(H,18,20). The highest BCUT2D eigenvalue weighted by Crippen LogP contribution is 2.27. The minimum absolute atomic E-state index is 0.0430. The van der Waals surface area contributed by atoms with Gasteiger partial charge in [0.15, 0.2) is 0 Å². The van der Waals surface area contributed by atoms with Gasteiger partial charge >= 0.3 is 0 Å². The summed E-state index contributed by atoms with van der Waals surface area (Å²) in [6, 6.07) is 5.62. The molecule has 2 N–H and O–H groups in total. The third-order valence-corrected chi connectivity index (χ3v) is 3.96. The number of methoxy groups -OCH3 is 1. The van der Waals surface area contributed by atoms with Crippen LogP contribution in [0.3, 0.4) is 0 Å². The molecule has 1 aromatic carbocycles. The van der Waals surface area contributed by atoms with E-state index in [1.807, 2.05) is 7.05 Å². The number of rotatable bonds is 6. The number of nitrogens with one attached hydrogen (secondary N) is 2. The van der Waals surface area contributed by atoms with E-state index in [0.717, 1.165) is 25.9 Å². The van der Waals surface area contributed by atoms with Gasteiger partial charge in [-0.25, -0.2) is 0 Å². The molecular weight excluding hydrogens is 290 g/mol. The van der Waals surface area contributed by atoms with Crippen LogP contribution in [-0.2, 0) is 4.79 Å². The van der Waals surface area contributed by atoms with Gasteiger partial charge in [0.1, 0.15) is 5.75 Å². The third-order valence-electron chi connectivity index (χ3n) is 3.72. The number of carbonyl (C=O) groups excluding carboxylic acids is 1. The second kappa shape index (κ2) is 7.64. The predicted octanol–water partition coefficient (Wildman–Crippen LogP) is 1.97. The summed E-state index contributed by atoms with van der Waals surface area (Å²) in [5.41, 5.74) is 0.611. The molecule has 116 valence electrons. The molecular formula is C15H22ClN3O2. The van der Waals surface area contributed by atoms with E-state index in [4.69, 9.17) is 16.3 Å². The smallest absolute Gasteiger partial charge is 0.238 e. The second-order valence-electron chi connectivity index (χ2n) is 5.22. The normalized spacial score (nSPS) is 18.7. The van der Waals surface area contributed by atoms with Crippen LogP contribution in [0.15, 0.2) is 18.2 Å². The van der Waals surface area contributed by atoms with Gasteiger partial charge in [-0.15, -0.1) is 0 Å². The Morgan fingerprint density at radius 3 is 3.05 bits per heavy atom. The summed E-state index contributed by atoms with van der Waals surface area (Å²) >= 11 is 5.97. The maximum absolute atomic E-state index is 12.2. The topological polar surface area (TPSA) is 53.6 Å². The van der Waals surface area contributed by atoms with Crippen molar-refractivity contribution in [2.75, 3.05) is 39.1 Å². The molecule has 0 spiro atoms. The fraction of sp³-hybridized carbons (Fsp3) is 0.533. The van der Waals surface area contributed by atoms with Crippen LogP contribution >= 0.6 is 11.6 Å². The number of likely N-dealkylation sites (N-methyl/N-ethyl adjacent to an activating group) is 1. The van der Waals surface area contributed by atoms with Crippen molar-refractivity contribution in [1.29, 1.82) is 0 Å². The van der Waals surface area contributed by atoms with Gasteiger partial charge in [0, 0.05) is 17.6 Å². The average Bonchev–Trinajstić information content (AvgIpc) is 2.86. The van der Waals surface area contributed by atoms with Crippen molar-refractivity contribution in [1.82, 2.24) is 10.2 Å². The number of ether oxygens (including phenoxy) is 1. The van der Waals surface area contributed by atoms with Gasteiger partial charge in [-0.1, -0.05) is 11.6 Å². The third kappa shape index (κ3) is 4.33. The number of nitrogens with zero attached hydrogens (tertiary/aromatic N) is 1. The Hall–Kier alpha value is -1.30. The number of anilines is 1. The highest BCUT2D eigenvalue weighted by molar-refractivity contribution is 6.31. The summed E-state index contributed by atoms with van der Waals surface area (Å²) in [6.45, 7) is 2.27. The van der Waals surface area contributed by atoms with E-state index in [-0.39, 0.29) is 5.91 Å². The van der Waals surface area contributed by atoms with Crippen LogP contribution in [-0.4, -0.2) is 50.6 Å². The SMILES string of the molecule is CNCC1CCCN1CC(=O)Nc1cc(Cl)ccc1OC. The molecule has 0 saturated carbocycles. The number of hydrogen-bond donors (Lipinski definition) is 2. The molecule has 5 nitrogen and oxygen atoms in total. The van der Waals surface area contributed by atoms with Crippen LogP contribution in [0.4, 0.5) is 5.69 Å². The Kier molecular flexibility index (Phi) is 5.85. The molecule has 21 heavy (non-hydrogen) atoms. The fourth-order valence-electron chi connectivity index (χ4n) is 2.72. The van der Waals surface area contributed by atoms with Crippen molar-refractivity contribution in [3.05, 3.63) is 23.2 Å². The van der Waals surface area contributed by atoms with Crippen molar-refractivity contribution in [3.63, 3.8) is 0 Å². The van der Waals surface area contributed by atoms with Gasteiger partial charge in [-0.2, -0.15) is 0 Å². The summed E-state index contributed by atoms with van der Waals surface area (Å²) in [5, 5.41) is 6.63. The van der Waals surface area contributed by atoms with Gasteiger partial charge in [0.25, 0.3) is 0 Å². The molecule has 1 heterocycles. The van der Waals surface area contributed by atoms with E-state index in [9.17, 15) is 4.79 Å². The van der Waals surface area contributed by atoms with E-state index >= 15 is 0 Å². The zero-order chi connectivity index (χ0) is 15.2. The minimum Gasteiger partial charge on any atom is -0.495 e. The summed E-state index contributed by atoms with van der Waals surface area (Å²) in [7, 11) is 3.51. The summed E-state index contributed by atoms with van der Waals surface area (Å²) in [4.78, 5) is 14.4. The first-order valence-corrected chi connectivity index (χ1v) is 7.54. The molecule has 6 heteroatoms. The molecule has 1 amide bonds. The lowest BCUT2D eigenvalue weighted by molar-refractivity contribution is -0.117. The van der Waals surface area contributed by atoms with E-state index < -0.39 is 0 Å². The lowest BCUT2D eigenvalue weighted by Gasteiger charge is -2.23. The van der Waals surface area contributed by atoms with Gasteiger partial charge in [0.2, 0.25) is 5.91 Å². The molecule has 1 saturated heterocycles. The molecule has 1 aliphatic heterocycles. The highest BCUT2D eigenvalue weighted by atomic mass is 35.5. The number of halogens is 1. The van der Waals surface area contributed by atoms with Crippen molar-refractivity contribution in [2.45, 2.75) is 18.9 Å². The second-order valence-corrected chi connectivity index (χ2v) is 5.65. The van der Waals surface area contributed by atoms with Gasteiger partial charge in [0.05, 0.1) is 19.3 Å². The van der Waals surface area contributed by atoms with E-state index in [1.165, 1.54) is 0 Å². The Balaban J connectivity index is 1.97. The first kappa shape index (κ1) is 16.1. The Morgan fingerprint density at radius 2 is 2.33 bits per heavy atom. The van der Waals surface area contributed by atoms with Crippen LogP contribution in [0.2, 0.25) is 5.02 Å². The lowest BCUT2D eigenvalue weighted by atomic mass is 10.2. The zero-order valence-corrected chi connectivity index (χ0v) is 13.2. The van der Waals surface area contributed by atoms with E-state index in [0.29, 0.717) is 29.0 Å². The summed E-state index contributed by atoms with van der Waals surface area (Å²) < 4.78 is 5.23. The first-order valence-electron chi connectivity index (χ1n) is 7.16. The maximum Gasteiger partial charge on any atom is 0.238 e. The molecule has 0 radical (unpaired) electrons. The number of hydrogen-bond acceptors (Lipinski definition) is 4. The van der Waals surface area contributed by atoms with E-state index in [2.05, 4.69) is 15.5 Å². The van der Waals surface area contributed by atoms with Gasteiger partial charge < -0.3 is 15.4 Å². The summed E-state index contributed by atoms with van der Waals surface area (Å²) in [6.07, 6.45) is 2.27. The molecule has 0 aromatic heterocycles. The van der Waals surface area contributed by atoms with Crippen LogP contribution < -0.4 is 15.4 Å². The number of likely N-dealkylation sites (tertiary alicyclic amines) is 1. The highest BCUT2D eigenvalue weighted by Gasteiger charge is 2.25. The molecule has 0 aliphatic carbocycles. The zero-order valence-electron chi connectivity index (χ0n) is 12.5. The Labute approximate surface area is 130 Å². The van der Waals surface area contributed by atoms with Crippen molar-refractivity contribution in [2.24, 2.45) is 0 Å². The minimum atomic E-state index is -0.0430. The van der Waals surface area contributed by atoms with Crippen LogP contribution in [0.1, 0.15) is 12.8 Å². The van der Waals surface area contributed by atoms with E-state index in [1.54, 1.807) is 25.3 Å². The van der Waals surface area contributed by atoms with Crippen LogP contribution in [0.25, 0.3) is 0 Å². The van der Waals surface area contributed by atoms with Crippen molar-refractivity contribution < 1.29 is 9.53 Å². The monoisotopic (exact) mass is 311 g/mol. The van der Waals surface area contributed by atoms with Gasteiger partial charge in [-0.05, 0) is 44.6 Å². The largest absolute Gasteiger partial charge is 0.495 e. The molecule has 1 atom stereocenters. The molecule has 1 aliphatic rings. The van der Waals surface area contributed by atoms with Crippen LogP contribution in [0.5, 0.6) is 5.75 Å². The molecule has 2 rings (SSSR count). The lowest BCUT2D eigenvalue weighted by Crippen LogP contribution is -2.41. The first-order chi connectivity index (χ1) is 10.1. The Morgan fingerprint density at radius 1 is 1.52 bits per heavy atom. The van der Waals surface area contributed by atoms with Crippen molar-refractivity contribution >= 4 is 23.2 Å². The summed E-state index contributed by atoms with van der Waals surface area (Å²) in [5.74, 6) is 0.569.